The second-order valence-electron chi connectivity index (χ2n) is 8.78. The molecule has 3 nitrogen and oxygen atoms in total. The lowest BCUT2D eigenvalue weighted by Crippen LogP contribution is -2.47. The first kappa shape index (κ1) is 19.5. The summed E-state index contributed by atoms with van der Waals surface area (Å²) in [5.74, 6) is 0. The maximum Gasteiger partial charge on any atom is 0.410 e. The van der Waals surface area contributed by atoms with E-state index in [2.05, 4.69) is 61.5 Å². The molecule has 3 rings (SSSR count). The van der Waals surface area contributed by atoms with Gasteiger partial charge in [0.2, 0.25) is 0 Å². The third kappa shape index (κ3) is 4.91. The summed E-state index contributed by atoms with van der Waals surface area (Å²) >= 11 is 0. The highest BCUT2D eigenvalue weighted by Gasteiger charge is 2.38. The number of likely N-dealkylation sites (tertiary alicyclic amines) is 1. The third-order valence-corrected chi connectivity index (χ3v) is 5.42. The number of piperidine rings is 1. The molecule has 0 aromatic heterocycles. The highest BCUT2D eigenvalue weighted by atomic mass is 16.6. The van der Waals surface area contributed by atoms with Gasteiger partial charge in [0.25, 0.3) is 0 Å². The van der Waals surface area contributed by atoms with Gasteiger partial charge < -0.3 is 9.64 Å². The van der Waals surface area contributed by atoms with Gasteiger partial charge in [-0.1, -0.05) is 60.2 Å². The topological polar surface area (TPSA) is 29.5 Å². The Morgan fingerprint density at radius 1 is 1.00 bits per heavy atom. The number of carbonyl (C=O) groups is 1. The summed E-state index contributed by atoms with van der Waals surface area (Å²) < 4.78 is 5.57. The van der Waals surface area contributed by atoms with Gasteiger partial charge in [-0.25, -0.2) is 4.79 Å². The minimum Gasteiger partial charge on any atom is -0.444 e. The highest BCUT2D eigenvalue weighted by molar-refractivity contribution is 5.68. The average molecular weight is 366 g/mol. The molecule has 144 valence electrons. The van der Waals surface area contributed by atoms with E-state index < -0.39 is 5.60 Å². The van der Waals surface area contributed by atoms with Crippen LogP contribution in [0.5, 0.6) is 0 Å². The molecule has 1 saturated heterocycles. The molecule has 1 fully saturated rings. The van der Waals surface area contributed by atoms with E-state index in [-0.39, 0.29) is 11.5 Å². The molecular formula is C24H31NO2. The van der Waals surface area contributed by atoms with E-state index in [1.54, 1.807) is 0 Å². The Kier molecular flexibility index (Phi) is 5.59. The zero-order valence-electron chi connectivity index (χ0n) is 17.0. The fraction of sp³-hybridized carbons (Fsp3) is 0.458. The largest absolute Gasteiger partial charge is 0.444 e. The van der Waals surface area contributed by atoms with Crippen molar-refractivity contribution in [2.24, 2.45) is 0 Å². The number of aryl methyl sites for hydroxylation is 1. The van der Waals surface area contributed by atoms with Gasteiger partial charge in [0.05, 0.1) is 0 Å². The molecule has 0 spiro atoms. The lowest BCUT2D eigenvalue weighted by molar-refractivity contribution is 0.0163. The molecule has 0 N–H and O–H groups in total. The molecule has 0 saturated carbocycles. The second-order valence-corrected chi connectivity index (χ2v) is 8.78. The Labute approximate surface area is 163 Å². The minimum absolute atomic E-state index is 0.0631. The van der Waals surface area contributed by atoms with Crippen molar-refractivity contribution in [3.05, 3.63) is 71.3 Å². The number of hydrogen-bond donors (Lipinski definition) is 0. The summed E-state index contributed by atoms with van der Waals surface area (Å²) in [5.41, 5.74) is 3.62. The SMILES string of the molecule is Cc1ccc(C2(Cc3ccccc3)CCN(C(=O)OC(C)(C)C)CC2)cc1. The molecule has 27 heavy (non-hydrogen) atoms. The van der Waals surface area contributed by atoms with Crippen molar-refractivity contribution >= 4 is 6.09 Å². The van der Waals surface area contributed by atoms with Crippen LogP contribution in [-0.4, -0.2) is 29.7 Å². The Morgan fingerprint density at radius 3 is 2.15 bits per heavy atom. The fourth-order valence-corrected chi connectivity index (χ4v) is 3.91. The van der Waals surface area contributed by atoms with Crippen molar-refractivity contribution in [2.45, 2.75) is 58.0 Å². The first-order chi connectivity index (χ1) is 12.8. The molecule has 0 radical (unpaired) electrons. The van der Waals surface area contributed by atoms with Gasteiger partial charge in [0.1, 0.15) is 5.60 Å². The van der Waals surface area contributed by atoms with E-state index in [9.17, 15) is 4.79 Å². The van der Waals surface area contributed by atoms with Crippen LogP contribution in [0.15, 0.2) is 54.6 Å². The fourth-order valence-electron chi connectivity index (χ4n) is 3.91. The van der Waals surface area contributed by atoms with Gasteiger partial charge in [-0.2, -0.15) is 0 Å². The Bertz CT molecular complexity index is 751. The standard InChI is InChI=1S/C24H31NO2/c1-19-10-12-21(13-11-19)24(18-20-8-6-5-7-9-20)14-16-25(17-15-24)22(26)27-23(2,3)4/h5-13H,14-18H2,1-4H3. The minimum atomic E-state index is -0.452. The van der Waals surface area contributed by atoms with Crippen molar-refractivity contribution in [1.29, 1.82) is 0 Å². The molecule has 2 aromatic rings. The normalized spacial score (nSPS) is 16.8. The molecule has 1 heterocycles. The van der Waals surface area contributed by atoms with Crippen LogP contribution >= 0.6 is 0 Å². The first-order valence-corrected chi connectivity index (χ1v) is 9.86. The highest BCUT2D eigenvalue weighted by Crippen LogP contribution is 2.39. The van der Waals surface area contributed by atoms with Gasteiger partial charge >= 0.3 is 6.09 Å². The number of ether oxygens (including phenoxy) is 1. The van der Waals surface area contributed by atoms with Gasteiger partial charge in [-0.15, -0.1) is 0 Å². The summed E-state index contributed by atoms with van der Waals surface area (Å²) in [6.07, 6.45) is 2.70. The summed E-state index contributed by atoms with van der Waals surface area (Å²) in [6, 6.07) is 19.6. The van der Waals surface area contributed by atoms with E-state index in [0.717, 1.165) is 32.4 Å². The molecule has 0 atom stereocenters. The summed E-state index contributed by atoms with van der Waals surface area (Å²) in [5, 5.41) is 0. The predicted octanol–water partition coefficient (Wildman–Crippen LogP) is 5.51. The lowest BCUT2D eigenvalue weighted by Gasteiger charge is -2.42. The summed E-state index contributed by atoms with van der Waals surface area (Å²) in [7, 11) is 0. The number of carbonyl (C=O) groups excluding carboxylic acids is 1. The number of rotatable bonds is 3. The average Bonchev–Trinajstić information content (AvgIpc) is 2.62. The molecule has 1 aliphatic rings. The monoisotopic (exact) mass is 365 g/mol. The molecule has 0 bridgehead atoms. The third-order valence-electron chi connectivity index (χ3n) is 5.42. The van der Waals surface area contributed by atoms with E-state index >= 15 is 0 Å². The van der Waals surface area contributed by atoms with E-state index in [1.807, 2.05) is 25.7 Å². The van der Waals surface area contributed by atoms with Crippen LogP contribution in [-0.2, 0) is 16.6 Å². The quantitative estimate of drug-likeness (QED) is 0.718. The molecule has 2 aromatic carbocycles. The van der Waals surface area contributed by atoms with Crippen LogP contribution in [0.2, 0.25) is 0 Å². The molecule has 1 amide bonds. The van der Waals surface area contributed by atoms with Crippen LogP contribution < -0.4 is 0 Å². The van der Waals surface area contributed by atoms with Crippen LogP contribution in [0.3, 0.4) is 0 Å². The van der Waals surface area contributed by atoms with E-state index in [0.29, 0.717) is 0 Å². The van der Waals surface area contributed by atoms with Gasteiger partial charge in [-0.05, 0) is 58.1 Å². The number of hydrogen-bond acceptors (Lipinski definition) is 2. The van der Waals surface area contributed by atoms with Crippen LogP contribution in [0.1, 0.15) is 50.3 Å². The molecule has 3 heteroatoms. The maximum atomic E-state index is 12.5. The number of benzene rings is 2. The zero-order valence-corrected chi connectivity index (χ0v) is 17.0. The Morgan fingerprint density at radius 2 is 1.59 bits per heavy atom. The Hall–Kier alpha value is -2.29. The van der Waals surface area contributed by atoms with Crippen LogP contribution in [0, 0.1) is 6.92 Å². The predicted molar refractivity (Wildman–Crippen MR) is 110 cm³/mol. The van der Waals surface area contributed by atoms with Crippen molar-refractivity contribution in [3.63, 3.8) is 0 Å². The lowest BCUT2D eigenvalue weighted by atomic mass is 9.69. The smallest absolute Gasteiger partial charge is 0.410 e. The summed E-state index contributed by atoms with van der Waals surface area (Å²) in [6.45, 7) is 9.34. The van der Waals surface area contributed by atoms with Crippen molar-refractivity contribution in [2.75, 3.05) is 13.1 Å². The Balaban J connectivity index is 1.80. The van der Waals surface area contributed by atoms with E-state index in [1.165, 1.54) is 16.7 Å². The van der Waals surface area contributed by atoms with Gasteiger partial charge in [0, 0.05) is 18.5 Å². The number of nitrogens with zero attached hydrogens (tertiary/aromatic N) is 1. The molecule has 1 aliphatic heterocycles. The zero-order chi connectivity index (χ0) is 19.5. The van der Waals surface area contributed by atoms with Crippen molar-refractivity contribution in [3.8, 4) is 0 Å². The van der Waals surface area contributed by atoms with Crippen molar-refractivity contribution in [1.82, 2.24) is 4.90 Å². The van der Waals surface area contributed by atoms with E-state index in [4.69, 9.17) is 4.74 Å². The molecule has 0 unspecified atom stereocenters. The van der Waals surface area contributed by atoms with Crippen molar-refractivity contribution < 1.29 is 9.53 Å². The first-order valence-electron chi connectivity index (χ1n) is 9.86. The second kappa shape index (κ2) is 7.75. The number of amides is 1. The maximum absolute atomic E-state index is 12.5. The van der Waals surface area contributed by atoms with Crippen LogP contribution in [0.4, 0.5) is 4.79 Å². The molecule has 0 aliphatic carbocycles. The van der Waals surface area contributed by atoms with Crippen LogP contribution in [0.25, 0.3) is 0 Å². The van der Waals surface area contributed by atoms with Gasteiger partial charge in [0.15, 0.2) is 0 Å². The summed E-state index contributed by atoms with van der Waals surface area (Å²) in [4.78, 5) is 14.3. The van der Waals surface area contributed by atoms with Gasteiger partial charge in [-0.3, -0.25) is 0 Å². The molecular weight excluding hydrogens is 334 g/mol.